The summed E-state index contributed by atoms with van der Waals surface area (Å²) in [5.74, 6) is 0. The first-order chi connectivity index (χ1) is 0. The van der Waals surface area contributed by atoms with Crippen LogP contribution < -0.4 is 6.15 Å². The zero-order valence-electron chi connectivity index (χ0n) is 2.12. The molecule has 0 aromatic carbocycles. The van der Waals surface area contributed by atoms with E-state index in [1.54, 1.807) is 0 Å². The highest BCUT2D eigenvalue weighted by Crippen LogP contribution is 0.846. The van der Waals surface area contributed by atoms with Crippen LogP contribution in [0.3, 0.4) is 0 Å². The monoisotopic (exact) mass is 133 g/mol. The fourth-order valence-electron chi connectivity index (χ4n) is 0. The summed E-state index contributed by atoms with van der Waals surface area (Å²) in [5.41, 5.74) is 0. The molecule has 7 N–H and O–H groups in total. The zero-order valence-corrected chi connectivity index (χ0v) is 3.83. The van der Waals surface area contributed by atoms with E-state index in [1.165, 1.54) is 0 Å². The molecule has 0 amide bonds. The number of hydrogen-bond acceptors (Lipinski definition) is 1. The van der Waals surface area contributed by atoms with Crippen LogP contribution in [0.1, 0.15) is 0 Å². The second-order valence-electron chi connectivity index (χ2n) is 0. The fourth-order valence-corrected chi connectivity index (χ4v) is 0. The highest BCUT2D eigenvalue weighted by Gasteiger charge is -0.114. The Labute approximate surface area is 35.0 Å². The van der Waals surface area contributed by atoms with Gasteiger partial charge < -0.3 is 17.1 Å². The summed E-state index contributed by atoms with van der Waals surface area (Å²) in [6.45, 7) is 0. The normalized spacial score (nSPS) is 0. The summed E-state index contributed by atoms with van der Waals surface area (Å²) >= 11 is 0. The minimum atomic E-state index is 0. The van der Waals surface area contributed by atoms with Crippen molar-refractivity contribution in [2.45, 2.75) is 0 Å². The Morgan fingerprint density at radius 2 is 0.750 bits per heavy atom. The van der Waals surface area contributed by atoms with Gasteiger partial charge in [-0.3, -0.25) is 0 Å². The summed E-state index contributed by atoms with van der Waals surface area (Å²) in [7, 11) is 0. The van der Waals surface area contributed by atoms with Gasteiger partial charge in [0.15, 0.2) is 0 Å². The Balaban J connectivity index is 0. The quantitative estimate of drug-likeness (QED) is 0.455. The summed E-state index contributed by atoms with van der Waals surface area (Å²) < 4.78 is 0. The van der Waals surface area contributed by atoms with Crippen molar-refractivity contribution in [3.05, 3.63) is 0 Å². The van der Waals surface area contributed by atoms with Gasteiger partial charge in [-0.15, -0.1) is 17.0 Å². The molecule has 0 spiro atoms. The molecule has 0 aliphatic carbocycles. The maximum atomic E-state index is 0. The van der Waals surface area contributed by atoms with Crippen molar-refractivity contribution < 1.29 is 11.0 Å². The maximum absolute atomic E-state index is 0. The van der Waals surface area contributed by atoms with Crippen LogP contribution in [0, 0.1) is 0 Å². The van der Waals surface area contributed by atoms with Crippen LogP contribution in [0.2, 0.25) is 0 Å². The molecule has 0 bridgehead atoms. The van der Waals surface area contributed by atoms with Gasteiger partial charge in [0.1, 0.15) is 0 Å². The van der Waals surface area contributed by atoms with E-state index in [9.17, 15) is 0 Å². The van der Waals surface area contributed by atoms with Crippen molar-refractivity contribution in [3.8, 4) is 0 Å². The van der Waals surface area contributed by atoms with E-state index >= 15 is 0 Å². The van der Waals surface area contributed by atoms with Gasteiger partial charge in [-0.2, -0.15) is 0 Å². The fraction of sp³-hybridized carbons (Fsp3) is 0. The third-order valence-electron chi connectivity index (χ3n) is 0. The molecule has 0 aliphatic rings. The van der Waals surface area contributed by atoms with Crippen LogP contribution in [0.15, 0.2) is 0 Å². The molecule has 0 saturated heterocycles. The molecule has 4 heteroatoms. The van der Waals surface area contributed by atoms with Gasteiger partial charge in [0.25, 0.3) is 0 Å². The molecular formula is H8BrNO2. The Kier molecular flexibility index (Phi) is 13700. The van der Waals surface area contributed by atoms with Crippen molar-refractivity contribution in [2.75, 3.05) is 0 Å². The SMILES string of the molecule is Br.N.O.O. The first-order valence-electron chi connectivity index (χ1n) is 0. The number of halogens is 1. The third-order valence-corrected chi connectivity index (χ3v) is 0. The standard InChI is InChI=1S/BrH.H3N.2H2O/h1H;1H3;2*1H2. The smallest absolute Gasteiger partial charge is 0.114 e. The molecule has 0 saturated carbocycles. The first-order valence-corrected chi connectivity index (χ1v) is 0. The predicted molar refractivity (Wildman–Crippen MR) is 22.6 cm³/mol. The summed E-state index contributed by atoms with van der Waals surface area (Å²) in [5, 5.41) is 0. The molecule has 3 nitrogen and oxygen atoms in total. The molecular weight excluding hydrogens is 126 g/mol. The van der Waals surface area contributed by atoms with E-state index in [-0.39, 0.29) is 34.1 Å². The number of rotatable bonds is 0. The van der Waals surface area contributed by atoms with Gasteiger partial charge in [0.05, 0.1) is 0 Å². The molecule has 0 heterocycles. The largest absolute Gasteiger partial charge is 0.412 e. The molecule has 4 heavy (non-hydrogen) atoms. The van der Waals surface area contributed by atoms with Crippen LogP contribution in [0.5, 0.6) is 0 Å². The van der Waals surface area contributed by atoms with Crippen molar-refractivity contribution in [1.29, 1.82) is 0 Å². The van der Waals surface area contributed by atoms with Crippen LogP contribution in [-0.4, -0.2) is 11.0 Å². The molecule has 0 fully saturated rings. The van der Waals surface area contributed by atoms with E-state index in [2.05, 4.69) is 0 Å². The average molecular weight is 134 g/mol. The summed E-state index contributed by atoms with van der Waals surface area (Å²) in [6.07, 6.45) is 0. The van der Waals surface area contributed by atoms with Gasteiger partial charge in [-0.1, -0.05) is 0 Å². The Morgan fingerprint density at radius 1 is 0.750 bits per heavy atom. The lowest BCUT2D eigenvalue weighted by Crippen LogP contribution is -0.481. The van der Waals surface area contributed by atoms with Gasteiger partial charge >= 0.3 is 0 Å². The molecule has 0 aromatic rings. The molecule has 0 radical (unpaired) electrons. The van der Waals surface area contributed by atoms with Gasteiger partial charge in [-0.25, -0.2) is 0 Å². The average Bonchev–Trinajstić information content (AvgIpc) is 0. The molecule has 32 valence electrons. The van der Waals surface area contributed by atoms with E-state index in [4.69, 9.17) is 0 Å². The van der Waals surface area contributed by atoms with Crippen LogP contribution >= 0.6 is 17.0 Å². The predicted octanol–water partition coefficient (Wildman–Crippen LogP) is -0.909. The lowest BCUT2D eigenvalue weighted by molar-refractivity contribution is 0.823. The van der Waals surface area contributed by atoms with E-state index in [0.717, 1.165) is 0 Å². The van der Waals surface area contributed by atoms with Gasteiger partial charge in [0.2, 0.25) is 0 Å². The van der Waals surface area contributed by atoms with Crippen molar-refractivity contribution in [1.82, 2.24) is 6.15 Å². The third kappa shape index (κ3) is 33.7. The van der Waals surface area contributed by atoms with Crippen LogP contribution in [0.4, 0.5) is 0 Å². The van der Waals surface area contributed by atoms with Crippen LogP contribution in [0.25, 0.3) is 0 Å². The van der Waals surface area contributed by atoms with Crippen LogP contribution in [-0.2, 0) is 0 Å². The minimum absolute atomic E-state index is 0. The lowest BCUT2D eigenvalue weighted by atomic mass is 14.0. The molecule has 0 aromatic heterocycles. The van der Waals surface area contributed by atoms with E-state index in [0.29, 0.717) is 0 Å². The van der Waals surface area contributed by atoms with Crippen molar-refractivity contribution >= 4 is 17.0 Å². The van der Waals surface area contributed by atoms with Crippen molar-refractivity contribution in [3.63, 3.8) is 0 Å². The van der Waals surface area contributed by atoms with E-state index < -0.39 is 0 Å². The molecule has 0 aliphatic heterocycles. The maximum Gasteiger partial charge on any atom is -0.114 e. The first kappa shape index (κ1) is 380. The Hall–Kier alpha value is 0.360. The molecule has 0 atom stereocenters. The highest BCUT2D eigenvalue weighted by atomic mass is 79.9. The Bertz CT molecular complexity index is 6.00. The molecule has 0 unspecified atom stereocenters. The topological polar surface area (TPSA) is 98.0 Å². The van der Waals surface area contributed by atoms with Gasteiger partial charge in [0, 0.05) is 0 Å². The lowest BCUT2D eigenvalue weighted by Gasteiger charge is -0.413. The van der Waals surface area contributed by atoms with Crippen molar-refractivity contribution in [2.24, 2.45) is 0 Å². The second-order valence-corrected chi connectivity index (χ2v) is 0. The zero-order chi connectivity index (χ0) is 0. The minimum Gasteiger partial charge on any atom is -0.412 e. The Morgan fingerprint density at radius 3 is 0.750 bits per heavy atom. The molecule has 0 rings (SSSR count). The summed E-state index contributed by atoms with van der Waals surface area (Å²) in [4.78, 5) is 0. The number of hydrogen-bond donors (Lipinski definition) is 1. The second kappa shape index (κ2) is 144. The summed E-state index contributed by atoms with van der Waals surface area (Å²) in [6, 6.07) is 0. The van der Waals surface area contributed by atoms with Gasteiger partial charge in [-0.05, 0) is 0 Å². The van der Waals surface area contributed by atoms with E-state index in [1.807, 2.05) is 0 Å². The highest BCUT2D eigenvalue weighted by molar-refractivity contribution is 8.93.